The van der Waals surface area contributed by atoms with Gasteiger partial charge < -0.3 is 15.0 Å². The number of Topliss-reactive ketones (excluding diaryl/α,β-unsaturated/α-hetero) is 1. The van der Waals surface area contributed by atoms with Crippen LogP contribution >= 0.6 is 23.2 Å². The summed E-state index contributed by atoms with van der Waals surface area (Å²) in [6.45, 7) is 7.79. The highest BCUT2D eigenvalue weighted by molar-refractivity contribution is 6.35. The number of ether oxygens (including phenoxy) is 1. The van der Waals surface area contributed by atoms with E-state index in [9.17, 15) is 9.59 Å². The predicted octanol–water partition coefficient (Wildman–Crippen LogP) is 6.62. The van der Waals surface area contributed by atoms with Crippen molar-refractivity contribution >= 4 is 46.3 Å². The van der Waals surface area contributed by atoms with E-state index >= 15 is 0 Å². The van der Waals surface area contributed by atoms with Crippen molar-refractivity contribution in [3.05, 3.63) is 68.8 Å². The lowest BCUT2D eigenvalue weighted by Gasteiger charge is -2.37. The molecule has 8 heteroatoms. The molecule has 0 radical (unpaired) electrons. The summed E-state index contributed by atoms with van der Waals surface area (Å²) in [6.07, 6.45) is 2.01. The van der Waals surface area contributed by atoms with Crippen molar-refractivity contribution in [3.63, 3.8) is 0 Å². The Balaban J connectivity index is 1.79. The summed E-state index contributed by atoms with van der Waals surface area (Å²) in [4.78, 5) is 30.7. The molecule has 0 aromatic heterocycles. The van der Waals surface area contributed by atoms with Gasteiger partial charge in [0.05, 0.1) is 24.0 Å². The summed E-state index contributed by atoms with van der Waals surface area (Å²) in [6, 6.07) is 10.5. The maximum absolute atomic E-state index is 13.7. The van der Waals surface area contributed by atoms with Crippen LogP contribution in [0.25, 0.3) is 0 Å². The second-order valence-corrected chi connectivity index (χ2v) is 11.8. The number of ketones is 1. The molecule has 2 aromatic rings. The summed E-state index contributed by atoms with van der Waals surface area (Å²) in [7, 11) is 4.09. The molecule has 1 amide bonds. The van der Waals surface area contributed by atoms with Crippen LogP contribution in [0.4, 0.5) is 11.4 Å². The van der Waals surface area contributed by atoms with Gasteiger partial charge in [-0.05, 0) is 74.3 Å². The van der Waals surface area contributed by atoms with Crippen molar-refractivity contribution in [1.82, 2.24) is 4.90 Å². The molecule has 2 aromatic carbocycles. The zero-order valence-corrected chi connectivity index (χ0v) is 23.7. The van der Waals surface area contributed by atoms with E-state index in [-0.39, 0.29) is 17.1 Å². The van der Waals surface area contributed by atoms with E-state index in [1.165, 1.54) is 6.92 Å². The van der Waals surface area contributed by atoms with Crippen LogP contribution in [0.15, 0.2) is 47.7 Å². The summed E-state index contributed by atoms with van der Waals surface area (Å²) in [5.41, 5.74) is 4.32. The average Bonchev–Trinajstić information content (AvgIpc) is 2.91. The number of nitrogens with zero attached hydrogens (tertiary/aromatic N) is 2. The molecule has 4 rings (SSSR count). The average molecular weight is 545 g/mol. The van der Waals surface area contributed by atoms with Crippen molar-refractivity contribution < 1.29 is 14.3 Å². The molecule has 2 aliphatic rings. The van der Waals surface area contributed by atoms with Crippen LogP contribution in [-0.2, 0) is 20.9 Å². The van der Waals surface area contributed by atoms with Gasteiger partial charge in [-0.1, -0.05) is 49.2 Å². The summed E-state index contributed by atoms with van der Waals surface area (Å²) < 4.78 is 5.91. The monoisotopic (exact) mass is 543 g/mol. The fourth-order valence-electron chi connectivity index (χ4n) is 5.22. The largest absolute Gasteiger partial charge is 0.377 e. The number of hydrogen-bond donors (Lipinski definition) is 1. The Morgan fingerprint density at radius 3 is 2.59 bits per heavy atom. The summed E-state index contributed by atoms with van der Waals surface area (Å²) in [5.74, 6) is -0.170. The smallest absolute Gasteiger partial charge is 0.224 e. The first-order valence-electron chi connectivity index (χ1n) is 12.6. The lowest BCUT2D eigenvalue weighted by Crippen LogP contribution is -2.38. The third-order valence-corrected chi connectivity index (χ3v) is 7.38. The van der Waals surface area contributed by atoms with E-state index in [0.717, 1.165) is 29.9 Å². The molecule has 1 aliphatic heterocycles. The van der Waals surface area contributed by atoms with Crippen molar-refractivity contribution in [3.8, 4) is 0 Å². The highest BCUT2D eigenvalue weighted by Crippen LogP contribution is 2.49. The molecule has 1 N–H and O–H groups in total. The minimum atomic E-state index is -0.664. The number of halogens is 2. The molecule has 0 saturated carbocycles. The van der Waals surface area contributed by atoms with E-state index in [0.29, 0.717) is 52.9 Å². The van der Waals surface area contributed by atoms with Crippen LogP contribution in [-0.4, -0.2) is 43.8 Å². The zero-order chi connectivity index (χ0) is 26.9. The molecule has 1 aliphatic carbocycles. The maximum Gasteiger partial charge on any atom is 0.224 e. The Morgan fingerprint density at radius 1 is 1.16 bits per heavy atom. The van der Waals surface area contributed by atoms with Crippen LogP contribution in [0.5, 0.6) is 0 Å². The van der Waals surface area contributed by atoms with E-state index in [2.05, 4.69) is 24.1 Å². The Morgan fingerprint density at radius 2 is 1.92 bits per heavy atom. The van der Waals surface area contributed by atoms with Crippen molar-refractivity contribution in [2.75, 3.05) is 37.5 Å². The zero-order valence-electron chi connectivity index (χ0n) is 22.2. The first-order chi connectivity index (χ1) is 17.5. The molecular weight excluding hydrogens is 509 g/mol. The summed E-state index contributed by atoms with van der Waals surface area (Å²) in [5, 5.41) is 4.47. The van der Waals surface area contributed by atoms with Gasteiger partial charge in [0.2, 0.25) is 5.91 Å². The number of rotatable bonds is 7. The van der Waals surface area contributed by atoms with Crippen LogP contribution < -0.4 is 10.2 Å². The highest BCUT2D eigenvalue weighted by Gasteiger charge is 2.43. The Hall–Kier alpha value is -2.38. The van der Waals surface area contributed by atoms with E-state index in [1.807, 2.05) is 38.4 Å². The van der Waals surface area contributed by atoms with Gasteiger partial charge in [-0.15, -0.1) is 0 Å². The second-order valence-electron chi connectivity index (χ2n) is 11.0. The minimum Gasteiger partial charge on any atom is -0.377 e. The molecule has 1 heterocycles. The van der Waals surface area contributed by atoms with Gasteiger partial charge in [0.25, 0.3) is 0 Å². The number of nitrogens with one attached hydrogen (secondary N) is 1. The van der Waals surface area contributed by atoms with Crippen molar-refractivity contribution in [1.29, 1.82) is 0 Å². The number of carbonyl (C=O) groups is 2. The highest BCUT2D eigenvalue weighted by atomic mass is 35.5. The van der Waals surface area contributed by atoms with Gasteiger partial charge in [-0.2, -0.15) is 0 Å². The molecular formula is C29H35Cl2N3O3. The van der Waals surface area contributed by atoms with Gasteiger partial charge in [-0.3, -0.25) is 14.5 Å². The van der Waals surface area contributed by atoms with E-state index < -0.39 is 6.04 Å². The summed E-state index contributed by atoms with van der Waals surface area (Å²) >= 11 is 12.9. The van der Waals surface area contributed by atoms with E-state index in [4.69, 9.17) is 27.9 Å². The van der Waals surface area contributed by atoms with Crippen LogP contribution in [0, 0.1) is 5.41 Å². The molecule has 6 nitrogen and oxygen atoms in total. The Bertz CT molecular complexity index is 1240. The standard InChI is InChI=1S/C29H35Cl2N3O3/c1-18(35)34-25-10-7-19(17-37-12-6-11-33(4)5)13-23(25)32-24-15-29(2,3)16-26(36)27(24)28(34)21-9-8-20(30)14-22(21)31/h7-10,13-14,28,32H,6,11-12,15-17H2,1-5H3. The molecule has 1 atom stereocenters. The third-order valence-electron chi connectivity index (χ3n) is 6.82. The van der Waals surface area contributed by atoms with Crippen LogP contribution in [0.1, 0.15) is 57.2 Å². The number of hydrogen-bond acceptors (Lipinski definition) is 5. The normalized spacial score (nSPS) is 18.9. The van der Waals surface area contributed by atoms with Gasteiger partial charge in [-0.25, -0.2) is 0 Å². The number of benzene rings is 2. The molecule has 0 spiro atoms. The minimum absolute atomic E-state index is 0.0123. The third kappa shape index (κ3) is 6.20. The molecule has 37 heavy (non-hydrogen) atoms. The lowest BCUT2D eigenvalue weighted by molar-refractivity contribution is -0.118. The fourth-order valence-corrected chi connectivity index (χ4v) is 5.73. The van der Waals surface area contributed by atoms with Gasteiger partial charge in [0.1, 0.15) is 0 Å². The van der Waals surface area contributed by atoms with Crippen molar-refractivity contribution in [2.45, 2.75) is 52.7 Å². The van der Waals surface area contributed by atoms with Gasteiger partial charge in [0.15, 0.2) is 5.78 Å². The number of anilines is 2. The SMILES string of the molecule is CC(=O)N1c2ccc(COCCCN(C)C)cc2NC2=C(C(=O)CC(C)(C)C2)C1c1ccc(Cl)cc1Cl. The Kier molecular flexibility index (Phi) is 8.34. The first-order valence-corrected chi connectivity index (χ1v) is 13.4. The van der Waals surface area contributed by atoms with Crippen molar-refractivity contribution in [2.24, 2.45) is 5.41 Å². The number of amides is 1. The Labute approximate surface area is 229 Å². The lowest BCUT2D eigenvalue weighted by atomic mass is 9.73. The fraction of sp³-hybridized carbons (Fsp3) is 0.448. The van der Waals surface area contributed by atoms with Crippen LogP contribution in [0.3, 0.4) is 0 Å². The number of fused-ring (bicyclic) bond motifs is 1. The topological polar surface area (TPSA) is 61.9 Å². The molecule has 0 fully saturated rings. The predicted molar refractivity (Wildman–Crippen MR) is 150 cm³/mol. The quantitative estimate of drug-likeness (QED) is 0.397. The molecule has 0 bridgehead atoms. The van der Waals surface area contributed by atoms with Gasteiger partial charge >= 0.3 is 0 Å². The molecule has 1 unspecified atom stereocenters. The van der Waals surface area contributed by atoms with Gasteiger partial charge in [0, 0.05) is 41.3 Å². The second kappa shape index (κ2) is 11.2. The van der Waals surface area contributed by atoms with E-state index in [1.54, 1.807) is 17.0 Å². The molecule has 0 saturated heterocycles. The van der Waals surface area contributed by atoms with Crippen LogP contribution in [0.2, 0.25) is 10.0 Å². The first kappa shape index (κ1) is 27.6. The number of carbonyl (C=O) groups excluding carboxylic acids is 2. The number of allylic oxidation sites excluding steroid dienone is 1. The molecule has 198 valence electrons. The maximum atomic E-state index is 13.7.